The van der Waals surface area contributed by atoms with Crippen molar-refractivity contribution in [3.05, 3.63) is 0 Å². The van der Waals surface area contributed by atoms with Crippen LogP contribution in [0.2, 0.25) is 0 Å². The molecule has 0 radical (unpaired) electrons. The van der Waals surface area contributed by atoms with Crippen molar-refractivity contribution in [2.45, 2.75) is 46.0 Å². The molecule has 0 nitrogen and oxygen atoms in total. The molecule has 2 atom stereocenters. The van der Waals surface area contributed by atoms with E-state index in [2.05, 4.69) is 0 Å². The molecule has 0 heterocycles. The molecule has 0 saturated heterocycles. The Morgan fingerprint density at radius 3 is 1.18 bits per heavy atom. The van der Waals surface area contributed by atoms with Crippen LogP contribution in [0.15, 0.2) is 0 Å². The molecule has 1 saturated carbocycles. The van der Waals surface area contributed by atoms with Gasteiger partial charge in [0.1, 0.15) is 0 Å². The second kappa shape index (κ2) is 4.05. The van der Waals surface area contributed by atoms with Crippen molar-refractivity contribution in [1.82, 2.24) is 0 Å². The van der Waals surface area contributed by atoms with Crippen LogP contribution in [-0.2, 0) is 0 Å². The molecule has 102 valence electrons. The Morgan fingerprint density at radius 1 is 0.706 bits per heavy atom. The van der Waals surface area contributed by atoms with E-state index >= 15 is 0 Å². The van der Waals surface area contributed by atoms with Gasteiger partial charge in [0, 0.05) is 0 Å². The summed E-state index contributed by atoms with van der Waals surface area (Å²) in [7, 11) is 0. The van der Waals surface area contributed by atoms with Crippen LogP contribution in [-0.4, -0.2) is 12.4 Å². The van der Waals surface area contributed by atoms with Gasteiger partial charge in [-0.15, -0.1) is 0 Å². The molecular formula is C11H16F6. The van der Waals surface area contributed by atoms with Crippen LogP contribution < -0.4 is 0 Å². The summed E-state index contributed by atoms with van der Waals surface area (Å²) >= 11 is 0. The fraction of sp³-hybridized carbons (Fsp3) is 1.00. The first-order valence-electron chi connectivity index (χ1n) is 5.48. The van der Waals surface area contributed by atoms with Crippen molar-refractivity contribution >= 4 is 0 Å². The molecule has 0 aromatic carbocycles. The SMILES string of the molecule is CC(C)(C)C1C(C(F)(F)F)CCC1C(F)(F)F. The van der Waals surface area contributed by atoms with Gasteiger partial charge in [-0.25, -0.2) is 0 Å². The maximum absolute atomic E-state index is 12.7. The number of halogens is 6. The fourth-order valence-corrected chi connectivity index (χ4v) is 2.94. The highest BCUT2D eigenvalue weighted by Gasteiger charge is 2.60. The lowest BCUT2D eigenvalue weighted by atomic mass is 9.70. The van der Waals surface area contributed by atoms with Crippen LogP contribution in [0, 0.1) is 23.2 Å². The van der Waals surface area contributed by atoms with E-state index in [1.165, 1.54) is 20.8 Å². The third-order valence-corrected chi connectivity index (χ3v) is 3.50. The predicted octanol–water partition coefficient (Wildman–Crippen LogP) is 4.80. The van der Waals surface area contributed by atoms with Gasteiger partial charge in [0.15, 0.2) is 0 Å². The van der Waals surface area contributed by atoms with Crippen LogP contribution in [0.1, 0.15) is 33.6 Å². The molecule has 0 amide bonds. The number of hydrogen-bond acceptors (Lipinski definition) is 0. The van der Waals surface area contributed by atoms with Gasteiger partial charge in [-0.3, -0.25) is 0 Å². The largest absolute Gasteiger partial charge is 0.392 e. The van der Waals surface area contributed by atoms with Gasteiger partial charge in [0.2, 0.25) is 0 Å². The summed E-state index contributed by atoms with van der Waals surface area (Å²) in [5.74, 6) is -5.06. The maximum atomic E-state index is 12.7. The van der Waals surface area contributed by atoms with E-state index in [1.807, 2.05) is 0 Å². The van der Waals surface area contributed by atoms with E-state index in [0.29, 0.717) is 0 Å². The second-order valence-electron chi connectivity index (χ2n) is 5.77. The highest BCUT2D eigenvalue weighted by Crippen LogP contribution is 2.57. The predicted molar refractivity (Wildman–Crippen MR) is 51.3 cm³/mol. The number of alkyl halides is 6. The summed E-state index contributed by atoms with van der Waals surface area (Å²) in [5.41, 5.74) is -1.00. The second-order valence-corrected chi connectivity index (χ2v) is 5.77. The fourth-order valence-electron chi connectivity index (χ4n) is 2.94. The first-order chi connectivity index (χ1) is 7.35. The summed E-state index contributed by atoms with van der Waals surface area (Å²) in [4.78, 5) is 0. The lowest BCUT2D eigenvalue weighted by Gasteiger charge is -2.37. The average Bonchev–Trinajstić information content (AvgIpc) is 2.42. The first-order valence-corrected chi connectivity index (χ1v) is 5.48. The quantitative estimate of drug-likeness (QED) is 0.550. The van der Waals surface area contributed by atoms with E-state index in [0.717, 1.165) is 0 Å². The van der Waals surface area contributed by atoms with Crippen molar-refractivity contribution in [3.8, 4) is 0 Å². The molecule has 0 aliphatic heterocycles. The Morgan fingerprint density at radius 2 is 1.00 bits per heavy atom. The third-order valence-electron chi connectivity index (χ3n) is 3.50. The third kappa shape index (κ3) is 3.07. The highest BCUT2D eigenvalue weighted by atomic mass is 19.4. The van der Waals surface area contributed by atoms with E-state index in [-0.39, 0.29) is 0 Å². The summed E-state index contributed by atoms with van der Waals surface area (Å²) in [6.07, 6.45) is -9.93. The average molecular weight is 262 g/mol. The summed E-state index contributed by atoms with van der Waals surface area (Å²) in [5, 5.41) is 0. The minimum absolute atomic E-state index is 0.421. The van der Waals surface area contributed by atoms with Crippen LogP contribution in [0.3, 0.4) is 0 Å². The molecule has 1 aliphatic carbocycles. The maximum Gasteiger partial charge on any atom is 0.392 e. The molecule has 1 rings (SSSR count). The Hall–Kier alpha value is -0.420. The summed E-state index contributed by atoms with van der Waals surface area (Å²) in [6.45, 7) is 4.33. The monoisotopic (exact) mass is 262 g/mol. The molecule has 1 fully saturated rings. The van der Waals surface area contributed by atoms with E-state index in [9.17, 15) is 26.3 Å². The van der Waals surface area contributed by atoms with Crippen molar-refractivity contribution in [2.75, 3.05) is 0 Å². The topological polar surface area (TPSA) is 0 Å². The Kier molecular flexibility index (Phi) is 3.49. The van der Waals surface area contributed by atoms with Gasteiger partial charge in [0.05, 0.1) is 11.8 Å². The van der Waals surface area contributed by atoms with Gasteiger partial charge in [-0.2, -0.15) is 26.3 Å². The van der Waals surface area contributed by atoms with Crippen molar-refractivity contribution < 1.29 is 26.3 Å². The number of hydrogen-bond donors (Lipinski definition) is 0. The standard InChI is InChI=1S/C11H16F6/c1-9(2,3)8-6(10(12,13)14)4-5-7(8)11(15,16)17/h6-8H,4-5H2,1-3H3. The summed E-state index contributed by atoms with van der Waals surface area (Å²) in [6, 6.07) is 0. The van der Waals surface area contributed by atoms with Crippen LogP contribution in [0.4, 0.5) is 26.3 Å². The Labute approximate surface area is 96.4 Å². The van der Waals surface area contributed by atoms with Crippen molar-refractivity contribution in [1.29, 1.82) is 0 Å². The minimum Gasteiger partial charge on any atom is -0.171 e. The van der Waals surface area contributed by atoms with E-state index in [1.54, 1.807) is 0 Å². The molecular weight excluding hydrogens is 246 g/mol. The molecule has 0 N–H and O–H groups in total. The zero-order valence-electron chi connectivity index (χ0n) is 9.91. The van der Waals surface area contributed by atoms with Gasteiger partial charge < -0.3 is 0 Å². The van der Waals surface area contributed by atoms with Gasteiger partial charge in [0.25, 0.3) is 0 Å². The van der Waals surface area contributed by atoms with Crippen LogP contribution in [0.25, 0.3) is 0 Å². The van der Waals surface area contributed by atoms with Crippen LogP contribution >= 0.6 is 0 Å². The molecule has 0 spiro atoms. The zero-order valence-corrected chi connectivity index (χ0v) is 9.91. The summed E-state index contributed by atoms with van der Waals surface area (Å²) < 4.78 is 76.4. The lowest BCUT2D eigenvalue weighted by Crippen LogP contribution is -2.41. The molecule has 2 unspecified atom stereocenters. The van der Waals surface area contributed by atoms with E-state index < -0.39 is 48.4 Å². The van der Waals surface area contributed by atoms with Gasteiger partial charge >= 0.3 is 12.4 Å². The number of rotatable bonds is 0. The van der Waals surface area contributed by atoms with Gasteiger partial charge in [-0.05, 0) is 24.2 Å². The molecule has 17 heavy (non-hydrogen) atoms. The smallest absolute Gasteiger partial charge is 0.171 e. The Bertz CT molecular complexity index is 247. The lowest BCUT2D eigenvalue weighted by molar-refractivity contribution is -0.226. The molecule has 6 heteroatoms. The molecule has 1 aliphatic rings. The highest BCUT2D eigenvalue weighted by molar-refractivity contribution is 4.96. The van der Waals surface area contributed by atoms with Gasteiger partial charge in [-0.1, -0.05) is 20.8 Å². The van der Waals surface area contributed by atoms with E-state index in [4.69, 9.17) is 0 Å². The Balaban J connectivity index is 3.08. The zero-order chi connectivity index (χ0) is 13.6. The van der Waals surface area contributed by atoms with Crippen LogP contribution in [0.5, 0.6) is 0 Å². The molecule has 0 aromatic heterocycles. The molecule has 0 aromatic rings. The normalized spacial score (nSPS) is 31.9. The minimum atomic E-state index is -4.54. The van der Waals surface area contributed by atoms with Crippen molar-refractivity contribution in [2.24, 2.45) is 23.2 Å². The van der Waals surface area contributed by atoms with Crippen molar-refractivity contribution in [3.63, 3.8) is 0 Å². The molecule has 0 bridgehead atoms. The first kappa shape index (κ1) is 14.6.